The van der Waals surface area contributed by atoms with Crippen LogP contribution in [0.5, 0.6) is 0 Å². The average Bonchev–Trinajstić information content (AvgIpc) is 3.27. The molecule has 20 heavy (non-hydrogen) atoms. The molecule has 0 aliphatic heterocycles. The molecule has 1 heterocycles. The summed E-state index contributed by atoms with van der Waals surface area (Å²) in [6, 6.07) is 2.50. The first kappa shape index (κ1) is 13.7. The van der Waals surface area contributed by atoms with Crippen LogP contribution >= 0.6 is 15.9 Å². The molecule has 108 valence electrons. The lowest BCUT2D eigenvalue weighted by atomic mass is 10.3. The normalized spacial score (nSPS) is 18.1. The van der Waals surface area contributed by atoms with Gasteiger partial charge in [-0.15, -0.1) is 0 Å². The Kier molecular flexibility index (Phi) is 3.58. The van der Waals surface area contributed by atoms with Gasteiger partial charge in [0.2, 0.25) is 0 Å². The molecule has 6 heteroatoms. The highest BCUT2D eigenvalue weighted by Crippen LogP contribution is 2.38. The van der Waals surface area contributed by atoms with Gasteiger partial charge in [-0.25, -0.2) is 0 Å². The molecule has 0 saturated heterocycles. The number of hydrogen-bond donors (Lipinski definition) is 1. The maximum atomic E-state index is 12.7. The van der Waals surface area contributed by atoms with E-state index in [0.717, 1.165) is 30.2 Å². The molecule has 1 aromatic heterocycles. The van der Waals surface area contributed by atoms with Crippen LogP contribution in [-0.4, -0.2) is 39.0 Å². The zero-order valence-corrected chi connectivity index (χ0v) is 12.7. The first-order valence-corrected chi connectivity index (χ1v) is 7.75. The largest absolute Gasteiger partial charge is 0.481 e. The standard InChI is InChI=1S/C14H17BrN2O3/c15-9-7-12(17(8-9)11-3-4-11)14(20)16(10-1-2-10)6-5-13(18)19/h7-8,10-11H,1-6H2,(H,18,19). The van der Waals surface area contributed by atoms with Crippen molar-refractivity contribution >= 4 is 27.8 Å². The summed E-state index contributed by atoms with van der Waals surface area (Å²) in [4.78, 5) is 25.2. The molecular weight excluding hydrogens is 324 g/mol. The van der Waals surface area contributed by atoms with E-state index in [1.54, 1.807) is 4.90 Å². The Morgan fingerprint density at radius 1 is 1.35 bits per heavy atom. The quantitative estimate of drug-likeness (QED) is 0.865. The van der Waals surface area contributed by atoms with Crippen molar-refractivity contribution in [1.29, 1.82) is 0 Å². The van der Waals surface area contributed by atoms with E-state index in [0.29, 0.717) is 18.3 Å². The van der Waals surface area contributed by atoms with Gasteiger partial charge in [-0.05, 0) is 47.7 Å². The fourth-order valence-corrected chi connectivity index (χ4v) is 2.91. The minimum atomic E-state index is -0.859. The van der Waals surface area contributed by atoms with E-state index in [1.165, 1.54) is 0 Å². The van der Waals surface area contributed by atoms with Crippen molar-refractivity contribution in [1.82, 2.24) is 9.47 Å². The first-order valence-electron chi connectivity index (χ1n) is 6.96. The summed E-state index contributed by atoms with van der Waals surface area (Å²) < 4.78 is 2.93. The summed E-state index contributed by atoms with van der Waals surface area (Å²) in [5, 5.41) is 8.82. The van der Waals surface area contributed by atoms with Crippen LogP contribution in [0.15, 0.2) is 16.7 Å². The Bertz CT molecular complexity index is 547. The van der Waals surface area contributed by atoms with Gasteiger partial charge in [-0.1, -0.05) is 0 Å². The third-order valence-electron chi connectivity index (χ3n) is 3.79. The number of hydrogen-bond acceptors (Lipinski definition) is 2. The number of aromatic nitrogens is 1. The number of amides is 1. The molecule has 5 nitrogen and oxygen atoms in total. The van der Waals surface area contributed by atoms with Crippen LogP contribution in [0.1, 0.15) is 48.6 Å². The van der Waals surface area contributed by atoms with Gasteiger partial charge in [-0.2, -0.15) is 0 Å². The fraction of sp³-hybridized carbons (Fsp3) is 0.571. The second-order valence-electron chi connectivity index (χ2n) is 5.56. The molecule has 2 fully saturated rings. The fourth-order valence-electron chi connectivity index (χ4n) is 2.47. The van der Waals surface area contributed by atoms with Crippen molar-refractivity contribution in [3.05, 3.63) is 22.4 Å². The molecule has 2 saturated carbocycles. The monoisotopic (exact) mass is 340 g/mol. The predicted molar refractivity (Wildman–Crippen MR) is 76.7 cm³/mol. The molecule has 1 aromatic rings. The van der Waals surface area contributed by atoms with Crippen LogP contribution in [0.4, 0.5) is 0 Å². The summed E-state index contributed by atoms with van der Waals surface area (Å²) in [5.41, 5.74) is 0.677. The number of aliphatic carboxylic acids is 1. The number of carbonyl (C=O) groups is 2. The molecule has 0 unspecified atom stereocenters. The Hall–Kier alpha value is -1.30. The number of carboxylic acids is 1. The minimum absolute atomic E-state index is 0.00749. The molecule has 0 atom stereocenters. The predicted octanol–water partition coefficient (Wildman–Crippen LogP) is 2.66. The summed E-state index contributed by atoms with van der Waals surface area (Å²) in [6.07, 6.45) is 6.15. The summed E-state index contributed by atoms with van der Waals surface area (Å²) in [6.45, 7) is 0.298. The Balaban J connectivity index is 1.80. The van der Waals surface area contributed by atoms with Crippen molar-refractivity contribution in [3.8, 4) is 0 Å². The smallest absolute Gasteiger partial charge is 0.305 e. The molecule has 2 aliphatic rings. The van der Waals surface area contributed by atoms with Crippen LogP contribution in [0, 0.1) is 0 Å². The molecule has 0 aromatic carbocycles. The van der Waals surface area contributed by atoms with Gasteiger partial charge in [0, 0.05) is 29.3 Å². The number of carbonyl (C=O) groups excluding carboxylic acids is 1. The van der Waals surface area contributed by atoms with Crippen LogP contribution < -0.4 is 0 Å². The minimum Gasteiger partial charge on any atom is -0.481 e. The maximum Gasteiger partial charge on any atom is 0.305 e. The molecule has 3 rings (SSSR count). The topological polar surface area (TPSA) is 62.5 Å². The number of nitrogens with zero attached hydrogens (tertiary/aromatic N) is 2. The summed E-state index contributed by atoms with van der Waals surface area (Å²) in [5.74, 6) is -0.895. The molecule has 1 amide bonds. The van der Waals surface area contributed by atoms with Gasteiger partial charge in [0.1, 0.15) is 5.69 Å². The zero-order chi connectivity index (χ0) is 14.3. The van der Waals surface area contributed by atoms with E-state index in [2.05, 4.69) is 15.9 Å². The molecule has 0 spiro atoms. The van der Waals surface area contributed by atoms with Crippen molar-refractivity contribution in [2.45, 2.75) is 44.2 Å². The van der Waals surface area contributed by atoms with Crippen molar-refractivity contribution < 1.29 is 14.7 Å². The molecular formula is C14H17BrN2O3. The summed E-state index contributed by atoms with van der Waals surface area (Å²) in [7, 11) is 0. The lowest BCUT2D eigenvalue weighted by Gasteiger charge is -2.22. The van der Waals surface area contributed by atoms with Gasteiger partial charge in [0.05, 0.1) is 6.42 Å². The molecule has 1 N–H and O–H groups in total. The highest BCUT2D eigenvalue weighted by Gasteiger charge is 2.36. The van der Waals surface area contributed by atoms with Crippen molar-refractivity contribution in [3.63, 3.8) is 0 Å². The maximum absolute atomic E-state index is 12.7. The van der Waals surface area contributed by atoms with Crippen LogP contribution in [-0.2, 0) is 4.79 Å². The van der Waals surface area contributed by atoms with E-state index in [4.69, 9.17) is 5.11 Å². The highest BCUT2D eigenvalue weighted by molar-refractivity contribution is 9.10. The number of rotatable bonds is 6. The second kappa shape index (κ2) is 5.24. The van der Waals surface area contributed by atoms with Gasteiger partial charge in [-0.3, -0.25) is 9.59 Å². The molecule has 0 radical (unpaired) electrons. The second-order valence-corrected chi connectivity index (χ2v) is 6.47. The Morgan fingerprint density at radius 2 is 2.05 bits per heavy atom. The third kappa shape index (κ3) is 2.90. The van der Waals surface area contributed by atoms with Crippen molar-refractivity contribution in [2.75, 3.05) is 6.54 Å². The van der Waals surface area contributed by atoms with E-state index in [9.17, 15) is 9.59 Å². The van der Waals surface area contributed by atoms with Crippen LogP contribution in [0.25, 0.3) is 0 Å². The van der Waals surface area contributed by atoms with Crippen LogP contribution in [0.3, 0.4) is 0 Å². The number of halogens is 1. The number of carboxylic acid groups (broad SMARTS) is 1. The van der Waals surface area contributed by atoms with E-state index < -0.39 is 5.97 Å². The van der Waals surface area contributed by atoms with Gasteiger partial charge in [0.25, 0.3) is 5.91 Å². The van der Waals surface area contributed by atoms with Gasteiger partial charge in [0.15, 0.2) is 0 Å². The third-order valence-corrected chi connectivity index (χ3v) is 4.22. The SMILES string of the molecule is O=C(O)CCN(C(=O)c1cc(Br)cn1C1CC1)C1CC1. The van der Waals surface area contributed by atoms with Gasteiger partial charge < -0.3 is 14.6 Å². The molecule has 0 bridgehead atoms. The first-order chi connectivity index (χ1) is 9.56. The lowest BCUT2D eigenvalue weighted by Crippen LogP contribution is -2.36. The van der Waals surface area contributed by atoms with E-state index >= 15 is 0 Å². The molecule has 2 aliphatic carbocycles. The lowest BCUT2D eigenvalue weighted by molar-refractivity contribution is -0.137. The van der Waals surface area contributed by atoms with Gasteiger partial charge >= 0.3 is 5.97 Å². The van der Waals surface area contributed by atoms with E-state index in [1.807, 2.05) is 16.8 Å². The Morgan fingerprint density at radius 3 is 2.60 bits per heavy atom. The van der Waals surface area contributed by atoms with Crippen LogP contribution in [0.2, 0.25) is 0 Å². The summed E-state index contributed by atoms with van der Waals surface area (Å²) >= 11 is 3.43. The van der Waals surface area contributed by atoms with Crippen molar-refractivity contribution in [2.24, 2.45) is 0 Å². The van der Waals surface area contributed by atoms with E-state index in [-0.39, 0.29) is 18.4 Å². The highest BCUT2D eigenvalue weighted by atomic mass is 79.9. The average molecular weight is 341 g/mol. The Labute approximate surface area is 125 Å². The zero-order valence-electron chi connectivity index (χ0n) is 11.1.